The molecule has 1 aliphatic heterocycles. The number of allylic oxidation sites excluding steroid dienone is 1. The van der Waals surface area contributed by atoms with E-state index in [1.807, 2.05) is 45.0 Å². The number of nitrogens with zero attached hydrogens (tertiary/aromatic N) is 1. The zero-order valence-corrected chi connectivity index (χ0v) is 11.6. The van der Waals surface area contributed by atoms with E-state index in [2.05, 4.69) is 22.4 Å². The molecule has 0 fully saturated rings. The molecule has 98 valence electrons. The van der Waals surface area contributed by atoms with E-state index in [-0.39, 0.29) is 6.23 Å². The average molecular weight is 246 g/mol. The summed E-state index contributed by atoms with van der Waals surface area (Å²) in [4.78, 5) is 4.30. The van der Waals surface area contributed by atoms with Gasteiger partial charge in [0.05, 0.1) is 0 Å². The minimum absolute atomic E-state index is 0.153. The van der Waals surface area contributed by atoms with E-state index in [0.29, 0.717) is 0 Å². The van der Waals surface area contributed by atoms with Crippen LogP contribution in [0.15, 0.2) is 47.1 Å². The Hall–Kier alpha value is -1.61. The van der Waals surface area contributed by atoms with Crippen molar-refractivity contribution in [2.24, 2.45) is 4.99 Å². The van der Waals surface area contributed by atoms with Crippen LogP contribution in [0.4, 0.5) is 0 Å². The number of amidine groups is 1. The summed E-state index contributed by atoms with van der Waals surface area (Å²) in [5, 5.41) is 3.26. The molecule has 0 amide bonds. The van der Waals surface area contributed by atoms with Gasteiger partial charge >= 0.3 is 0 Å². The highest BCUT2D eigenvalue weighted by molar-refractivity contribution is 5.82. The van der Waals surface area contributed by atoms with Gasteiger partial charge in [-0.1, -0.05) is 44.2 Å². The van der Waals surface area contributed by atoms with Crippen LogP contribution in [-0.2, 0) is 11.2 Å². The van der Waals surface area contributed by atoms with Gasteiger partial charge in [0, 0.05) is 19.2 Å². The summed E-state index contributed by atoms with van der Waals surface area (Å²) in [7, 11) is 1.67. The van der Waals surface area contributed by atoms with Crippen molar-refractivity contribution in [2.75, 3.05) is 7.11 Å². The van der Waals surface area contributed by atoms with E-state index in [1.54, 1.807) is 7.11 Å². The lowest BCUT2D eigenvalue weighted by molar-refractivity contribution is 0.146. The van der Waals surface area contributed by atoms with Crippen molar-refractivity contribution in [2.45, 2.75) is 33.4 Å². The van der Waals surface area contributed by atoms with E-state index < -0.39 is 0 Å². The number of hydrogen-bond acceptors (Lipinski definition) is 3. The molecule has 0 aliphatic carbocycles. The van der Waals surface area contributed by atoms with Gasteiger partial charge in [0.15, 0.2) is 6.23 Å². The molecule has 0 saturated carbocycles. The van der Waals surface area contributed by atoms with E-state index in [9.17, 15) is 0 Å². The molecule has 0 saturated heterocycles. The Labute approximate surface area is 110 Å². The van der Waals surface area contributed by atoms with E-state index in [4.69, 9.17) is 4.74 Å². The lowest BCUT2D eigenvalue weighted by atomic mass is 10.1. The molecule has 1 N–H and O–H groups in total. The third kappa shape index (κ3) is 4.34. The number of benzene rings is 1. The third-order valence-corrected chi connectivity index (χ3v) is 2.49. The Balaban J connectivity index is 0.000000771. The molecule has 2 rings (SSSR count). The first-order valence-corrected chi connectivity index (χ1v) is 6.37. The Kier molecular flexibility index (Phi) is 6.15. The summed E-state index contributed by atoms with van der Waals surface area (Å²) in [5.41, 5.74) is 2.43. The quantitative estimate of drug-likeness (QED) is 0.889. The summed E-state index contributed by atoms with van der Waals surface area (Å²) in [5.74, 6) is 0.903. The Bertz CT molecular complexity index is 410. The molecule has 3 nitrogen and oxygen atoms in total. The highest BCUT2D eigenvalue weighted by Gasteiger charge is 2.11. The fraction of sp³-hybridized carbons (Fsp3) is 0.400. The minimum atomic E-state index is -0.153. The topological polar surface area (TPSA) is 33.6 Å². The molecule has 0 bridgehead atoms. The maximum absolute atomic E-state index is 5.23. The molecular formula is C15H22N2O. The monoisotopic (exact) mass is 246 g/mol. The Morgan fingerprint density at radius 3 is 2.50 bits per heavy atom. The van der Waals surface area contributed by atoms with Gasteiger partial charge in [0.2, 0.25) is 0 Å². The molecule has 3 heteroatoms. The average Bonchev–Trinajstić information content (AvgIpc) is 2.41. The molecule has 1 atom stereocenters. The van der Waals surface area contributed by atoms with Crippen LogP contribution in [0.25, 0.3) is 0 Å². The van der Waals surface area contributed by atoms with Crippen molar-refractivity contribution in [3.05, 3.63) is 47.7 Å². The Morgan fingerprint density at radius 2 is 1.89 bits per heavy atom. The van der Waals surface area contributed by atoms with Crippen molar-refractivity contribution < 1.29 is 4.74 Å². The van der Waals surface area contributed by atoms with Crippen molar-refractivity contribution in [1.82, 2.24) is 5.32 Å². The molecule has 1 heterocycles. The number of ether oxygens (including phenoxy) is 1. The van der Waals surface area contributed by atoms with Crippen LogP contribution < -0.4 is 5.32 Å². The molecule has 1 aromatic carbocycles. The second kappa shape index (κ2) is 7.67. The van der Waals surface area contributed by atoms with Crippen LogP contribution in [0.3, 0.4) is 0 Å². The zero-order chi connectivity index (χ0) is 13.4. The predicted octanol–water partition coefficient (Wildman–Crippen LogP) is 3.13. The molecule has 18 heavy (non-hydrogen) atoms. The van der Waals surface area contributed by atoms with Crippen LogP contribution in [0.5, 0.6) is 0 Å². The fourth-order valence-corrected chi connectivity index (χ4v) is 1.75. The molecule has 1 aliphatic rings. The summed E-state index contributed by atoms with van der Waals surface area (Å²) in [6.45, 7) is 5.95. The van der Waals surface area contributed by atoms with Gasteiger partial charge in [-0.15, -0.1) is 0 Å². The van der Waals surface area contributed by atoms with Gasteiger partial charge in [0.1, 0.15) is 5.84 Å². The lowest BCUT2D eigenvalue weighted by Crippen LogP contribution is -2.29. The number of hydrogen-bond donors (Lipinski definition) is 1. The highest BCUT2D eigenvalue weighted by Crippen LogP contribution is 2.11. The first-order valence-electron chi connectivity index (χ1n) is 6.37. The van der Waals surface area contributed by atoms with Gasteiger partial charge < -0.3 is 10.1 Å². The number of methoxy groups -OCH3 is 1. The number of rotatable bonds is 3. The summed E-state index contributed by atoms with van der Waals surface area (Å²) in [6.07, 6.45) is 2.74. The van der Waals surface area contributed by atoms with E-state index >= 15 is 0 Å². The normalized spacial score (nSPS) is 17.9. The maximum atomic E-state index is 5.23. The Morgan fingerprint density at radius 1 is 1.22 bits per heavy atom. The van der Waals surface area contributed by atoms with Gasteiger partial charge in [-0.05, 0) is 18.6 Å². The first kappa shape index (κ1) is 14.5. The fourth-order valence-electron chi connectivity index (χ4n) is 1.75. The van der Waals surface area contributed by atoms with E-state index in [1.165, 1.54) is 5.56 Å². The van der Waals surface area contributed by atoms with Crippen LogP contribution in [0.2, 0.25) is 0 Å². The van der Waals surface area contributed by atoms with Crippen LogP contribution in [-0.4, -0.2) is 19.2 Å². The molecule has 1 unspecified atom stereocenters. The minimum Gasteiger partial charge on any atom is -0.356 e. The van der Waals surface area contributed by atoms with Crippen molar-refractivity contribution >= 4 is 5.84 Å². The summed E-state index contributed by atoms with van der Waals surface area (Å²) < 4.78 is 5.23. The SMILES string of the molecule is CC.COC1C=C(Cc2ccccc2)NC(C)=N1. The largest absolute Gasteiger partial charge is 0.356 e. The van der Waals surface area contributed by atoms with E-state index in [0.717, 1.165) is 18.0 Å². The summed E-state index contributed by atoms with van der Waals surface area (Å²) >= 11 is 0. The summed E-state index contributed by atoms with van der Waals surface area (Å²) in [6, 6.07) is 10.4. The van der Waals surface area contributed by atoms with Gasteiger partial charge in [0.25, 0.3) is 0 Å². The predicted molar refractivity (Wildman–Crippen MR) is 76.6 cm³/mol. The highest BCUT2D eigenvalue weighted by atomic mass is 16.5. The second-order valence-corrected chi connectivity index (χ2v) is 3.82. The van der Waals surface area contributed by atoms with Gasteiger partial charge in [-0.3, -0.25) is 0 Å². The second-order valence-electron chi connectivity index (χ2n) is 3.82. The smallest absolute Gasteiger partial charge is 0.170 e. The van der Waals surface area contributed by atoms with Gasteiger partial charge in [-0.25, -0.2) is 4.99 Å². The molecule has 0 aromatic heterocycles. The van der Waals surface area contributed by atoms with Gasteiger partial charge in [-0.2, -0.15) is 0 Å². The van der Waals surface area contributed by atoms with Crippen LogP contribution >= 0.6 is 0 Å². The standard InChI is InChI=1S/C13H16N2O.C2H6/c1-10-14-12(9-13(15-10)16-2)8-11-6-4-3-5-7-11;1-2/h3-7,9,13H,8H2,1-2H3,(H,14,15);1-2H3. The van der Waals surface area contributed by atoms with Crippen molar-refractivity contribution in [3.63, 3.8) is 0 Å². The first-order chi connectivity index (χ1) is 8.78. The molecular weight excluding hydrogens is 224 g/mol. The van der Waals surface area contributed by atoms with Crippen molar-refractivity contribution in [1.29, 1.82) is 0 Å². The lowest BCUT2D eigenvalue weighted by Gasteiger charge is -2.19. The van der Waals surface area contributed by atoms with Crippen molar-refractivity contribution in [3.8, 4) is 0 Å². The molecule has 0 radical (unpaired) electrons. The molecule has 0 spiro atoms. The zero-order valence-electron chi connectivity index (χ0n) is 11.6. The third-order valence-electron chi connectivity index (χ3n) is 2.49. The van der Waals surface area contributed by atoms with Crippen LogP contribution in [0.1, 0.15) is 26.3 Å². The number of nitrogens with one attached hydrogen (secondary N) is 1. The van der Waals surface area contributed by atoms with Crippen LogP contribution in [0, 0.1) is 0 Å². The number of aliphatic imine (C=N–C) groups is 1. The molecule has 1 aromatic rings. The maximum Gasteiger partial charge on any atom is 0.170 e.